The van der Waals surface area contributed by atoms with Crippen molar-refractivity contribution in [3.05, 3.63) is 0 Å². The number of ether oxygens (including phenoxy) is 1. The second-order valence-electron chi connectivity index (χ2n) is 3.78. The Labute approximate surface area is 81.4 Å². The topological polar surface area (TPSA) is 9.23 Å². The van der Waals surface area contributed by atoms with E-state index in [1.807, 2.05) is 0 Å². The van der Waals surface area contributed by atoms with Crippen LogP contribution in [0.3, 0.4) is 0 Å². The molecule has 2 atom stereocenters. The molecule has 2 unspecified atom stereocenters. The van der Waals surface area contributed by atoms with Gasteiger partial charge in [0.1, 0.15) is 0 Å². The first-order valence-electron chi connectivity index (χ1n) is 4.81. The Hall–Kier alpha value is 0.250. The van der Waals surface area contributed by atoms with Crippen molar-refractivity contribution >= 4 is 11.6 Å². The summed E-state index contributed by atoms with van der Waals surface area (Å²) in [6.07, 6.45) is 2.29. The first-order valence-corrected chi connectivity index (χ1v) is 5.25. The van der Waals surface area contributed by atoms with E-state index >= 15 is 0 Å². The van der Waals surface area contributed by atoms with Crippen molar-refractivity contribution in [2.24, 2.45) is 5.92 Å². The van der Waals surface area contributed by atoms with E-state index in [-0.39, 0.29) is 5.38 Å². The minimum atomic E-state index is 0.271. The molecule has 1 nitrogen and oxygen atoms in total. The fourth-order valence-electron chi connectivity index (χ4n) is 0.952. The highest BCUT2D eigenvalue weighted by atomic mass is 35.5. The van der Waals surface area contributed by atoms with E-state index in [0.717, 1.165) is 19.4 Å². The fraction of sp³-hybridized carbons (Fsp3) is 1.00. The maximum Gasteiger partial charge on any atom is 0.0561 e. The smallest absolute Gasteiger partial charge is 0.0561 e. The van der Waals surface area contributed by atoms with Crippen LogP contribution in [0.4, 0.5) is 0 Å². The molecule has 0 aliphatic heterocycles. The van der Waals surface area contributed by atoms with Crippen molar-refractivity contribution in [1.82, 2.24) is 0 Å². The average molecular weight is 193 g/mol. The van der Waals surface area contributed by atoms with Gasteiger partial charge in [0.05, 0.1) is 6.10 Å². The van der Waals surface area contributed by atoms with E-state index in [4.69, 9.17) is 16.3 Å². The van der Waals surface area contributed by atoms with Gasteiger partial charge in [-0.25, -0.2) is 0 Å². The molecule has 0 aromatic heterocycles. The number of hydrogen-bond donors (Lipinski definition) is 0. The monoisotopic (exact) mass is 192 g/mol. The summed E-state index contributed by atoms with van der Waals surface area (Å²) in [7, 11) is 0. The molecule has 0 aromatic carbocycles. The van der Waals surface area contributed by atoms with Gasteiger partial charge in [0.25, 0.3) is 0 Å². The molecular weight excluding hydrogens is 172 g/mol. The van der Waals surface area contributed by atoms with Crippen LogP contribution in [0.5, 0.6) is 0 Å². The molecule has 0 bridgehead atoms. The first kappa shape index (κ1) is 12.2. The maximum atomic E-state index is 6.00. The lowest BCUT2D eigenvalue weighted by atomic mass is 10.2. The van der Waals surface area contributed by atoms with Crippen molar-refractivity contribution in [3.8, 4) is 0 Å². The standard InChI is InChI=1S/C10H21ClO/c1-5-10(11)6-9(4)12-7-8(2)3/h8-10H,5-7H2,1-4H3. The summed E-state index contributed by atoms with van der Waals surface area (Å²) < 4.78 is 5.59. The predicted octanol–water partition coefficient (Wildman–Crippen LogP) is 3.46. The predicted molar refractivity (Wildman–Crippen MR) is 54.8 cm³/mol. The largest absolute Gasteiger partial charge is 0.378 e. The summed E-state index contributed by atoms with van der Waals surface area (Å²) in [6.45, 7) is 9.35. The Kier molecular flexibility index (Phi) is 6.87. The summed E-state index contributed by atoms with van der Waals surface area (Å²) >= 11 is 6.00. The lowest BCUT2D eigenvalue weighted by Gasteiger charge is -2.16. The molecule has 0 N–H and O–H groups in total. The summed E-state index contributed by atoms with van der Waals surface area (Å²) in [4.78, 5) is 0. The molecule has 0 radical (unpaired) electrons. The molecule has 0 aromatic rings. The zero-order chi connectivity index (χ0) is 9.56. The summed E-state index contributed by atoms with van der Waals surface area (Å²) in [5.41, 5.74) is 0. The van der Waals surface area contributed by atoms with Gasteiger partial charge in [-0.05, 0) is 25.7 Å². The van der Waals surface area contributed by atoms with Crippen LogP contribution in [0, 0.1) is 5.92 Å². The van der Waals surface area contributed by atoms with Gasteiger partial charge in [-0.3, -0.25) is 0 Å². The molecule has 0 heterocycles. The van der Waals surface area contributed by atoms with Gasteiger partial charge in [0.2, 0.25) is 0 Å². The van der Waals surface area contributed by atoms with Crippen LogP contribution < -0.4 is 0 Å². The molecule has 74 valence electrons. The molecule has 0 aliphatic rings. The van der Waals surface area contributed by atoms with E-state index in [2.05, 4.69) is 27.7 Å². The maximum absolute atomic E-state index is 6.00. The Balaban J connectivity index is 3.39. The zero-order valence-corrected chi connectivity index (χ0v) is 9.40. The van der Waals surface area contributed by atoms with E-state index in [9.17, 15) is 0 Å². The highest BCUT2D eigenvalue weighted by Crippen LogP contribution is 2.12. The quantitative estimate of drug-likeness (QED) is 0.586. The second kappa shape index (κ2) is 6.73. The third kappa shape index (κ3) is 6.93. The van der Waals surface area contributed by atoms with Gasteiger partial charge < -0.3 is 4.74 Å². The van der Waals surface area contributed by atoms with Crippen LogP contribution in [0.1, 0.15) is 40.5 Å². The minimum Gasteiger partial charge on any atom is -0.378 e. The third-order valence-corrected chi connectivity index (χ3v) is 2.23. The Bertz CT molecular complexity index is 104. The van der Waals surface area contributed by atoms with Crippen molar-refractivity contribution in [2.45, 2.75) is 52.0 Å². The molecule has 0 rings (SSSR count). The third-order valence-electron chi connectivity index (χ3n) is 1.74. The molecule has 0 saturated carbocycles. The van der Waals surface area contributed by atoms with Crippen LogP contribution in [0.15, 0.2) is 0 Å². The minimum absolute atomic E-state index is 0.271. The second-order valence-corrected chi connectivity index (χ2v) is 4.40. The van der Waals surface area contributed by atoms with Crippen molar-refractivity contribution < 1.29 is 4.74 Å². The van der Waals surface area contributed by atoms with E-state index in [1.165, 1.54) is 0 Å². The van der Waals surface area contributed by atoms with Gasteiger partial charge in [0, 0.05) is 12.0 Å². The van der Waals surface area contributed by atoms with Gasteiger partial charge in [0.15, 0.2) is 0 Å². The lowest BCUT2D eigenvalue weighted by Crippen LogP contribution is -2.16. The highest BCUT2D eigenvalue weighted by molar-refractivity contribution is 6.20. The van der Waals surface area contributed by atoms with Crippen LogP contribution in [0.25, 0.3) is 0 Å². The Morgan fingerprint density at radius 2 is 1.83 bits per heavy atom. The zero-order valence-electron chi connectivity index (χ0n) is 8.64. The normalized spacial score (nSPS) is 16.5. The van der Waals surface area contributed by atoms with E-state index in [0.29, 0.717) is 12.0 Å². The molecule has 0 fully saturated rings. The van der Waals surface area contributed by atoms with Gasteiger partial charge >= 0.3 is 0 Å². The van der Waals surface area contributed by atoms with Crippen LogP contribution >= 0.6 is 11.6 Å². The SMILES string of the molecule is CCC(Cl)CC(C)OCC(C)C. The molecule has 2 heteroatoms. The summed E-state index contributed by atoms with van der Waals surface area (Å²) in [5, 5.41) is 0.271. The fourth-order valence-corrected chi connectivity index (χ4v) is 1.20. The Morgan fingerprint density at radius 3 is 2.25 bits per heavy atom. The van der Waals surface area contributed by atoms with Crippen molar-refractivity contribution in [1.29, 1.82) is 0 Å². The summed E-state index contributed by atoms with van der Waals surface area (Å²) in [6, 6.07) is 0. The summed E-state index contributed by atoms with van der Waals surface area (Å²) in [5.74, 6) is 0.614. The van der Waals surface area contributed by atoms with Gasteiger partial charge in [-0.15, -0.1) is 11.6 Å². The number of hydrogen-bond acceptors (Lipinski definition) is 1. The van der Waals surface area contributed by atoms with E-state index < -0.39 is 0 Å². The first-order chi connectivity index (χ1) is 5.56. The Morgan fingerprint density at radius 1 is 1.25 bits per heavy atom. The molecule has 0 amide bonds. The molecule has 0 spiro atoms. The van der Waals surface area contributed by atoms with Crippen LogP contribution in [-0.2, 0) is 4.74 Å². The van der Waals surface area contributed by atoms with Crippen molar-refractivity contribution in [2.75, 3.05) is 6.61 Å². The van der Waals surface area contributed by atoms with Crippen LogP contribution in [-0.4, -0.2) is 18.1 Å². The molecular formula is C10H21ClO. The molecule has 0 aliphatic carbocycles. The number of alkyl halides is 1. The van der Waals surface area contributed by atoms with Gasteiger partial charge in [-0.1, -0.05) is 20.8 Å². The van der Waals surface area contributed by atoms with Crippen LogP contribution in [0.2, 0.25) is 0 Å². The van der Waals surface area contributed by atoms with E-state index in [1.54, 1.807) is 0 Å². The average Bonchev–Trinajstić information content (AvgIpc) is 2.00. The van der Waals surface area contributed by atoms with Crippen molar-refractivity contribution in [3.63, 3.8) is 0 Å². The molecule has 12 heavy (non-hydrogen) atoms. The van der Waals surface area contributed by atoms with Gasteiger partial charge in [-0.2, -0.15) is 0 Å². The molecule has 0 saturated heterocycles. The highest BCUT2D eigenvalue weighted by Gasteiger charge is 2.09. The number of rotatable bonds is 6. The number of halogens is 1. The lowest BCUT2D eigenvalue weighted by molar-refractivity contribution is 0.0419.